The largest absolute Gasteiger partial charge is 0.240 e. The van der Waals surface area contributed by atoms with Gasteiger partial charge < -0.3 is 0 Å². The van der Waals surface area contributed by atoms with Crippen LogP contribution in [0.3, 0.4) is 0 Å². The maximum Gasteiger partial charge on any atom is 0.240 e. The van der Waals surface area contributed by atoms with Crippen LogP contribution in [0.25, 0.3) is 0 Å². The third kappa shape index (κ3) is 4.87. The molecule has 0 heterocycles. The summed E-state index contributed by atoms with van der Waals surface area (Å²) >= 11 is 0. The molecule has 0 aliphatic heterocycles. The SMILES string of the molecule is [CH2]C(CNS(=O)(=O)c1ccccc1)NS(=O)(=O)c1ccccc1. The monoisotopic (exact) mass is 353 g/mol. The number of benzene rings is 2. The zero-order valence-corrected chi connectivity index (χ0v) is 13.8. The van der Waals surface area contributed by atoms with Crippen molar-refractivity contribution < 1.29 is 16.8 Å². The predicted molar refractivity (Wildman–Crippen MR) is 87.5 cm³/mol. The molecule has 0 amide bonds. The number of rotatable bonds is 7. The lowest BCUT2D eigenvalue weighted by atomic mass is 10.4. The van der Waals surface area contributed by atoms with E-state index in [1.165, 1.54) is 24.3 Å². The van der Waals surface area contributed by atoms with Crippen LogP contribution in [0, 0.1) is 6.92 Å². The van der Waals surface area contributed by atoms with Crippen LogP contribution in [0.15, 0.2) is 70.5 Å². The zero-order chi connectivity index (χ0) is 16.9. The summed E-state index contributed by atoms with van der Waals surface area (Å²) in [6.07, 6.45) is 0. The second kappa shape index (κ2) is 7.22. The molecule has 2 aromatic rings. The van der Waals surface area contributed by atoms with Gasteiger partial charge in [-0.15, -0.1) is 0 Å². The molecule has 8 heteroatoms. The molecule has 0 aliphatic carbocycles. The van der Waals surface area contributed by atoms with Crippen molar-refractivity contribution in [1.82, 2.24) is 9.44 Å². The minimum Gasteiger partial charge on any atom is -0.210 e. The number of hydrogen-bond donors (Lipinski definition) is 2. The minimum absolute atomic E-state index is 0.0968. The van der Waals surface area contributed by atoms with Crippen LogP contribution in [0.4, 0.5) is 0 Å². The second-order valence-corrected chi connectivity index (χ2v) is 8.28. The lowest BCUT2D eigenvalue weighted by Crippen LogP contribution is -2.41. The normalized spacial score (nSPS) is 13.6. The summed E-state index contributed by atoms with van der Waals surface area (Å²) < 4.78 is 53.0. The fourth-order valence-corrected chi connectivity index (χ4v) is 4.10. The van der Waals surface area contributed by atoms with E-state index in [0.29, 0.717) is 0 Å². The van der Waals surface area contributed by atoms with E-state index >= 15 is 0 Å². The molecule has 0 saturated heterocycles. The third-order valence-electron chi connectivity index (χ3n) is 2.95. The van der Waals surface area contributed by atoms with Gasteiger partial charge in [0.2, 0.25) is 20.0 Å². The summed E-state index contributed by atoms with van der Waals surface area (Å²) in [5, 5.41) is 0. The standard InChI is InChI=1S/C15H17N2O4S2/c1-13(17-23(20,21)15-10-6-3-7-11-15)12-16-22(18,19)14-8-4-2-5-9-14/h2-11,13,16-17H,1,12H2. The Morgan fingerprint density at radius 3 is 1.70 bits per heavy atom. The van der Waals surface area contributed by atoms with Gasteiger partial charge in [0.05, 0.1) is 9.79 Å². The fraction of sp³-hybridized carbons (Fsp3) is 0.133. The number of sulfonamides is 2. The molecular formula is C15H17N2O4S2. The number of hydrogen-bond acceptors (Lipinski definition) is 4. The van der Waals surface area contributed by atoms with Crippen LogP contribution in [0.2, 0.25) is 0 Å². The maximum absolute atomic E-state index is 12.1. The highest BCUT2D eigenvalue weighted by molar-refractivity contribution is 7.90. The average Bonchev–Trinajstić information content (AvgIpc) is 2.54. The highest BCUT2D eigenvalue weighted by atomic mass is 32.2. The Morgan fingerprint density at radius 2 is 1.22 bits per heavy atom. The van der Waals surface area contributed by atoms with Crippen molar-refractivity contribution in [1.29, 1.82) is 0 Å². The Labute approximate surface area is 136 Å². The van der Waals surface area contributed by atoms with Crippen molar-refractivity contribution in [2.75, 3.05) is 6.54 Å². The highest BCUT2D eigenvalue weighted by Gasteiger charge is 2.19. The first-order chi connectivity index (χ1) is 10.8. The van der Waals surface area contributed by atoms with Crippen LogP contribution >= 0.6 is 0 Å². The molecule has 0 aromatic heterocycles. The van der Waals surface area contributed by atoms with Crippen LogP contribution in [0.5, 0.6) is 0 Å². The van der Waals surface area contributed by atoms with E-state index in [2.05, 4.69) is 16.4 Å². The maximum atomic E-state index is 12.1. The fourth-order valence-electron chi connectivity index (χ4n) is 1.82. The van der Waals surface area contributed by atoms with Gasteiger partial charge in [-0.3, -0.25) is 0 Å². The van der Waals surface area contributed by atoms with Gasteiger partial charge in [0.25, 0.3) is 0 Å². The summed E-state index contributed by atoms with van der Waals surface area (Å²) in [5.41, 5.74) is 0. The van der Waals surface area contributed by atoms with Crippen molar-refractivity contribution in [2.24, 2.45) is 0 Å². The minimum atomic E-state index is -3.74. The van der Waals surface area contributed by atoms with Crippen molar-refractivity contribution in [3.63, 3.8) is 0 Å². The summed E-state index contributed by atoms with van der Waals surface area (Å²) in [7, 11) is -7.44. The van der Waals surface area contributed by atoms with E-state index in [-0.39, 0.29) is 16.3 Å². The average molecular weight is 353 g/mol. The molecule has 0 spiro atoms. The van der Waals surface area contributed by atoms with Gasteiger partial charge in [0.15, 0.2) is 0 Å². The van der Waals surface area contributed by atoms with E-state index < -0.39 is 26.1 Å². The molecule has 1 unspecified atom stereocenters. The molecule has 0 fully saturated rings. The van der Waals surface area contributed by atoms with Gasteiger partial charge in [0.1, 0.15) is 0 Å². The lowest BCUT2D eigenvalue weighted by Gasteiger charge is -2.15. The molecule has 123 valence electrons. The Kier molecular flexibility index (Phi) is 5.53. The van der Waals surface area contributed by atoms with E-state index in [9.17, 15) is 16.8 Å². The predicted octanol–water partition coefficient (Wildman–Crippen LogP) is 1.15. The van der Waals surface area contributed by atoms with Crippen molar-refractivity contribution >= 4 is 20.0 Å². The van der Waals surface area contributed by atoms with Crippen molar-refractivity contribution in [3.05, 3.63) is 67.6 Å². The first-order valence-electron chi connectivity index (χ1n) is 6.76. The van der Waals surface area contributed by atoms with Gasteiger partial charge in [-0.25, -0.2) is 26.3 Å². The Morgan fingerprint density at radius 1 is 0.783 bits per heavy atom. The van der Waals surface area contributed by atoms with Gasteiger partial charge in [-0.1, -0.05) is 36.4 Å². The topological polar surface area (TPSA) is 92.3 Å². The third-order valence-corrected chi connectivity index (χ3v) is 5.92. The summed E-state index contributed by atoms with van der Waals surface area (Å²) in [4.78, 5) is 0.206. The van der Waals surface area contributed by atoms with Crippen LogP contribution in [0.1, 0.15) is 0 Å². The quantitative estimate of drug-likeness (QED) is 0.781. The molecule has 2 rings (SSSR count). The molecule has 0 bridgehead atoms. The van der Waals surface area contributed by atoms with Gasteiger partial charge in [0, 0.05) is 12.6 Å². The summed E-state index contributed by atoms with van der Waals surface area (Å²) in [5.74, 6) is 0. The molecule has 1 radical (unpaired) electrons. The molecule has 1 atom stereocenters. The first-order valence-corrected chi connectivity index (χ1v) is 9.73. The van der Waals surface area contributed by atoms with Crippen LogP contribution < -0.4 is 9.44 Å². The molecular weight excluding hydrogens is 336 g/mol. The molecule has 0 saturated carbocycles. The van der Waals surface area contributed by atoms with Gasteiger partial charge >= 0.3 is 0 Å². The van der Waals surface area contributed by atoms with Crippen molar-refractivity contribution in [3.8, 4) is 0 Å². The van der Waals surface area contributed by atoms with Crippen molar-refractivity contribution in [2.45, 2.75) is 15.8 Å². The Hall–Kier alpha value is -1.74. The van der Waals surface area contributed by atoms with E-state index in [1.807, 2.05) is 0 Å². The van der Waals surface area contributed by atoms with Gasteiger partial charge in [-0.2, -0.15) is 0 Å². The summed E-state index contributed by atoms with van der Waals surface area (Å²) in [6.45, 7) is 3.46. The van der Waals surface area contributed by atoms with E-state index in [4.69, 9.17) is 0 Å². The van der Waals surface area contributed by atoms with Crippen LogP contribution in [-0.2, 0) is 20.0 Å². The van der Waals surface area contributed by atoms with Gasteiger partial charge in [-0.05, 0) is 31.2 Å². The van der Waals surface area contributed by atoms with E-state index in [1.54, 1.807) is 36.4 Å². The van der Waals surface area contributed by atoms with Crippen LogP contribution in [-0.4, -0.2) is 29.4 Å². The molecule has 23 heavy (non-hydrogen) atoms. The smallest absolute Gasteiger partial charge is 0.210 e. The molecule has 0 aliphatic rings. The first kappa shape index (κ1) is 17.6. The second-order valence-electron chi connectivity index (χ2n) is 4.80. The molecule has 6 nitrogen and oxygen atoms in total. The van der Waals surface area contributed by atoms with E-state index in [0.717, 1.165) is 0 Å². The zero-order valence-electron chi connectivity index (χ0n) is 12.2. The Balaban J connectivity index is 1.99. The number of nitrogens with one attached hydrogen (secondary N) is 2. The highest BCUT2D eigenvalue weighted by Crippen LogP contribution is 2.09. The Bertz CT molecular complexity index is 836. The molecule has 2 N–H and O–H groups in total. The molecule has 2 aromatic carbocycles. The lowest BCUT2D eigenvalue weighted by molar-refractivity contribution is 0.556. The summed E-state index contributed by atoms with van der Waals surface area (Å²) in [6, 6.07) is 14.8.